The molecule has 18 heavy (non-hydrogen) atoms. The quantitative estimate of drug-likeness (QED) is 0.669. The standard InChI is InChI=1S/C13H7BrClNOS/c14-7-1-4-10-12(5-7)18-13(16-10)9-3-2-8(15)6-11(9)17/h1-6,17H. The number of aromatic hydroxyl groups is 1. The van der Waals surface area contributed by atoms with Crippen LogP contribution in [0.3, 0.4) is 0 Å². The lowest BCUT2D eigenvalue weighted by Crippen LogP contribution is -1.77. The Morgan fingerprint density at radius 1 is 1.17 bits per heavy atom. The largest absolute Gasteiger partial charge is 0.507 e. The van der Waals surface area contributed by atoms with Crippen LogP contribution in [0.2, 0.25) is 5.02 Å². The number of thiazole rings is 1. The van der Waals surface area contributed by atoms with Crippen molar-refractivity contribution in [3.8, 4) is 16.3 Å². The molecule has 0 radical (unpaired) electrons. The summed E-state index contributed by atoms with van der Waals surface area (Å²) in [6.45, 7) is 0. The molecular weight excluding hydrogens is 334 g/mol. The van der Waals surface area contributed by atoms with Gasteiger partial charge in [-0.05, 0) is 36.4 Å². The molecule has 1 N–H and O–H groups in total. The minimum absolute atomic E-state index is 0.153. The van der Waals surface area contributed by atoms with Crippen LogP contribution in [0.5, 0.6) is 5.75 Å². The van der Waals surface area contributed by atoms with Crippen LogP contribution in [0.1, 0.15) is 0 Å². The summed E-state index contributed by atoms with van der Waals surface area (Å²) < 4.78 is 2.10. The molecule has 3 aromatic rings. The predicted molar refractivity (Wildman–Crippen MR) is 79.4 cm³/mol. The highest BCUT2D eigenvalue weighted by Gasteiger charge is 2.10. The molecule has 0 amide bonds. The van der Waals surface area contributed by atoms with E-state index in [-0.39, 0.29) is 5.75 Å². The molecule has 5 heteroatoms. The molecule has 0 spiro atoms. The molecule has 0 aliphatic rings. The van der Waals surface area contributed by atoms with Gasteiger partial charge in [-0.25, -0.2) is 4.98 Å². The number of rotatable bonds is 1. The molecule has 0 saturated carbocycles. The van der Waals surface area contributed by atoms with Crippen molar-refractivity contribution >= 4 is 49.1 Å². The van der Waals surface area contributed by atoms with Crippen LogP contribution in [0.25, 0.3) is 20.8 Å². The summed E-state index contributed by atoms with van der Waals surface area (Å²) in [4.78, 5) is 4.51. The normalized spacial score (nSPS) is 11.0. The lowest BCUT2D eigenvalue weighted by molar-refractivity contribution is 0.477. The van der Waals surface area contributed by atoms with Crippen LogP contribution in [0.15, 0.2) is 40.9 Å². The first-order valence-electron chi connectivity index (χ1n) is 5.18. The monoisotopic (exact) mass is 339 g/mol. The second kappa shape index (κ2) is 4.53. The van der Waals surface area contributed by atoms with Gasteiger partial charge in [-0.15, -0.1) is 11.3 Å². The number of halogens is 2. The van der Waals surface area contributed by atoms with E-state index in [1.165, 1.54) is 6.07 Å². The summed E-state index contributed by atoms with van der Waals surface area (Å²) in [6, 6.07) is 11.0. The molecule has 0 fully saturated rings. The van der Waals surface area contributed by atoms with Crippen molar-refractivity contribution < 1.29 is 5.11 Å². The lowest BCUT2D eigenvalue weighted by Gasteiger charge is -2.00. The van der Waals surface area contributed by atoms with Gasteiger partial charge < -0.3 is 5.11 Å². The summed E-state index contributed by atoms with van der Waals surface area (Å²) in [7, 11) is 0. The third kappa shape index (κ3) is 2.11. The van der Waals surface area contributed by atoms with Gasteiger partial charge in [0.15, 0.2) is 0 Å². The van der Waals surface area contributed by atoms with E-state index < -0.39 is 0 Å². The Bertz CT molecular complexity index is 741. The molecule has 1 heterocycles. The maximum absolute atomic E-state index is 9.90. The maximum Gasteiger partial charge on any atom is 0.128 e. The summed E-state index contributed by atoms with van der Waals surface area (Å²) in [5, 5.41) is 11.2. The van der Waals surface area contributed by atoms with E-state index >= 15 is 0 Å². The second-order valence-corrected chi connectivity index (χ2v) is 6.18. The van der Waals surface area contributed by atoms with Crippen molar-refractivity contribution in [3.05, 3.63) is 45.9 Å². The van der Waals surface area contributed by atoms with Gasteiger partial charge >= 0.3 is 0 Å². The first kappa shape index (κ1) is 12.0. The van der Waals surface area contributed by atoms with Gasteiger partial charge in [-0.2, -0.15) is 0 Å². The van der Waals surface area contributed by atoms with Crippen LogP contribution in [-0.2, 0) is 0 Å². The van der Waals surface area contributed by atoms with Gasteiger partial charge in [0.05, 0.1) is 15.8 Å². The molecule has 0 aliphatic carbocycles. The van der Waals surface area contributed by atoms with Crippen molar-refractivity contribution in [2.75, 3.05) is 0 Å². The van der Waals surface area contributed by atoms with E-state index in [4.69, 9.17) is 11.6 Å². The summed E-state index contributed by atoms with van der Waals surface area (Å²) in [5.41, 5.74) is 1.63. The van der Waals surface area contributed by atoms with Gasteiger partial charge in [0, 0.05) is 9.50 Å². The van der Waals surface area contributed by atoms with Gasteiger partial charge in [-0.1, -0.05) is 27.5 Å². The van der Waals surface area contributed by atoms with Gasteiger partial charge in [0.1, 0.15) is 10.8 Å². The molecule has 2 aromatic carbocycles. The Balaban J connectivity index is 2.19. The third-order valence-electron chi connectivity index (χ3n) is 2.54. The molecule has 0 atom stereocenters. The number of aromatic nitrogens is 1. The lowest BCUT2D eigenvalue weighted by atomic mass is 10.2. The van der Waals surface area contributed by atoms with Crippen LogP contribution < -0.4 is 0 Å². The molecule has 0 aliphatic heterocycles. The van der Waals surface area contributed by atoms with E-state index in [2.05, 4.69) is 20.9 Å². The van der Waals surface area contributed by atoms with Crippen molar-refractivity contribution in [2.24, 2.45) is 0 Å². The number of hydrogen-bond donors (Lipinski definition) is 1. The van der Waals surface area contributed by atoms with Crippen LogP contribution in [0, 0.1) is 0 Å². The van der Waals surface area contributed by atoms with Crippen LogP contribution >= 0.6 is 38.9 Å². The van der Waals surface area contributed by atoms with E-state index in [1.807, 2.05) is 18.2 Å². The number of fused-ring (bicyclic) bond motifs is 1. The van der Waals surface area contributed by atoms with E-state index in [0.29, 0.717) is 10.6 Å². The third-order valence-corrected chi connectivity index (χ3v) is 4.32. The maximum atomic E-state index is 9.90. The van der Waals surface area contributed by atoms with Crippen molar-refractivity contribution in [1.29, 1.82) is 0 Å². The van der Waals surface area contributed by atoms with Gasteiger partial charge in [0.2, 0.25) is 0 Å². The smallest absolute Gasteiger partial charge is 0.128 e. The number of phenols is 1. The molecule has 3 rings (SSSR count). The molecule has 2 nitrogen and oxygen atoms in total. The fourth-order valence-electron chi connectivity index (χ4n) is 1.70. The van der Waals surface area contributed by atoms with Crippen molar-refractivity contribution in [2.45, 2.75) is 0 Å². The minimum Gasteiger partial charge on any atom is -0.507 e. The first-order valence-corrected chi connectivity index (χ1v) is 7.17. The number of phenolic OH excluding ortho intramolecular Hbond substituents is 1. The minimum atomic E-state index is 0.153. The Kier molecular flexibility index (Phi) is 3.01. The highest BCUT2D eigenvalue weighted by atomic mass is 79.9. The summed E-state index contributed by atoms with van der Waals surface area (Å²) >= 11 is 10.8. The summed E-state index contributed by atoms with van der Waals surface area (Å²) in [6.07, 6.45) is 0. The molecule has 1 aromatic heterocycles. The molecule has 0 bridgehead atoms. The molecule has 0 saturated heterocycles. The van der Waals surface area contributed by atoms with Crippen molar-refractivity contribution in [3.63, 3.8) is 0 Å². The zero-order chi connectivity index (χ0) is 12.7. The predicted octanol–water partition coefficient (Wildman–Crippen LogP) is 5.08. The second-order valence-electron chi connectivity index (χ2n) is 3.79. The Morgan fingerprint density at radius 2 is 2.00 bits per heavy atom. The summed E-state index contributed by atoms with van der Waals surface area (Å²) in [5.74, 6) is 0.153. The topological polar surface area (TPSA) is 33.1 Å². The first-order chi connectivity index (χ1) is 8.63. The van der Waals surface area contributed by atoms with E-state index in [9.17, 15) is 5.11 Å². The van der Waals surface area contributed by atoms with Gasteiger partial charge in [0.25, 0.3) is 0 Å². The van der Waals surface area contributed by atoms with Gasteiger partial charge in [-0.3, -0.25) is 0 Å². The van der Waals surface area contributed by atoms with Crippen LogP contribution in [0.4, 0.5) is 0 Å². The molecule has 90 valence electrons. The highest BCUT2D eigenvalue weighted by molar-refractivity contribution is 9.10. The average molecular weight is 341 g/mol. The van der Waals surface area contributed by atoms with E-state index in [0.717, 1.165) is 19.7 Å². The van der Waals surface area contributed by atoms with E-state index in [1.54, 1.807) is 23.5 Å². The number of nitrogens with zero attached hydrogens (tertiary/aromatic N) is 1. The Morgan fingerprint density at radius 3 is 2.78 bits per heavy atom. The SMILES string of the molecule is Oc1cc(Cl)ccc1-c1nc2ccc(Br)cc2s1. The fraction of sp³-hybridized carbons (Fsp3) is 0. The zero-order valence-electron chi connectivity index (χ0n) is 9.02. The number of benzene rings is 2. The number of hydrogen-bond acceptors (Lipinski definition) is 3. The fourth-order valence-corrected chi connectivity index (χ4v) is 3.42. The Labute approximate surface area is 121 Å². The Hall–Kier alpha value is -1.10. The average Bonchev–Trinajstić information content (AvgIpc) is 2.71. The molecule has 0 unspecified atom stereocenters. The highest BCUT2D eigenvalue weighted by Crippen LogP contribution is 2.37. The molecular formula is C13H7BrClNOS. The van der Waals surface area contributed by atoms with Crippen LogP contribution in [-0.4, -0.2) is 10.1 Å². The van der Waals surface area contributed by atoms with Crippen molar-refractivity contribution in [1.82, 2.24) is 4.98 Å². The zero-order valence-corrected chi connectivity index (χ0v) is 12.2.